The summed E-state index contributed by atoms with van der Waals surface area (Å²) in [5.41, 5.74) is 0. The zero-order valence-electron chi connectivity index (χ0n) is 15.1. The van der Waals surface area contributed by atoms with Crippen LogP contribution >= 0.6 is 0 Å². The Morgan fingerprint density at radius 1 is 0.875 bits per heavy atom. The van der Waals surface area contributed by atoms with Crippen LogP contribution in [0.2, 0.25) is 0 Å². The van der Waals surface area contributed by atoms with Gasteiger partial charge in [-0.2, -0.15) is 0 Å². The second-order valence-electron chi connectivity index (χ2n) is 6.78. The number of hydrogen-bond acceptors (Lipinski definition) is 4. The SMILES string of the molecule is CC(C)[C@@H]1NC(=O)CCCCCCCC(=O)NCCCCOC1=O. The Morgan fingerprint density at radius 3 is 2.17 bits per heavy atom. The van der Waals surface area contributed by atoms with Gasteiger partial charge in [-0.3, -0.25) is 9.59 Å². The highest BCUT2D eigenvalue weighted by atomic mass is 16.5. The van der Waals surface area contributed by atoms with E-state index in [2.05, 4.69) is 10.6 Å². The molecule has 0 bridgehead atoms. The number of rotatable bonds is 1. The topological polar surface area (TPSA) is 84.5 Å². The second-order valence-corrected chi connectivity index (χ2v) is 6.78. The quantitative estimate of drug-likeness (QED) is 0.718. The number of nitrogens with one attached hydrogen (secondary N) is 2. The van der Waals surface area contributed by atoms with Crippen LogP contribution < -0.4 is 10.6 Å². The first-order chi connectivity index (χ1) is 11.5. The largest absolute Gasteiger partial charge is 0.464 e. The molecule has 0 unspecified atom stereocenters. The molecule has 0 saturated carbocycles. The monoisotopic (exact) mass is 340 g/mol. The summed E-state index contributed by atoms with van der Waals surface area (Å²) < 4.78 is 5.27. The molecule has 1 rings (SSSR count). The van der Waals surface area contributed by atoms with Crippen LogP contribution in [0.15, 0.2) is 0 Å². The molecule has 0 radical (unpaired) electrons. The highest BCUT2D eigenvalue weighted by Crippen LogP contribution is 2.09. The van der Waals surface area contributed by atoms with Crippen LogP contribution in [0.1, 0.15) is 71.6 Å². The Kier molecular flexibility index (Phi) is 10.1. The molecule has 1 fully saturated rings. The highest BCUT2D eigenvalue weighted by molar-refractivity contribution is 5.84. The van der Waals surface area contributed by atoms with Crippen molar-refractivity contribution >= 4 is 17.8 Å². The van der Waals surface area contributed by atoms with Crippen LogP contribution in [0.3, 0.4) is 0 Å². The van der Waals surface area contributed by atoms with Crippen molar-refractivity contribution < 1.29 is 19.1 Å². The Hall–Kier alpha value is -1.59. The van der Waals surface area contributed by atoms with E-state index in [0.29, 0.717) is 32.4 Å². The lowest BCUT2D eigenvalue weighted by atomic mass is 10.0. The lowest BCUT2D eigenvalue weighted by molar-refractivity contribution is -0.149. The fraction of sp³-hybridized carbons (Fsp3) is 0.833. The average Bonchev–Trinajstić information content (AvgIpc) is 2.53. The number of esters is 1. The summed E-state index contributed by atoms with van der Waals surface area (Å²) in [5, 5.41) is 5.70. The maximum Gasteiger partial charge on any atom is 0.328 e. The van der Waals surface area contributed by atoms with Gasteiger partial charge in [0.05, 0.1) is 6.61 Å². The minimum absolute atomic E-state index is 0.00802. The molecule has 0 aromatic rings. The number of carbonyl (C=O) groups excluding carboxylic acids is 3. The van der Waals surface area contributed by atoms with Crippen molar-refractivity contribution in [3.8, 4) is 0 Å². The van der Waals surface area contributed by atoms with E-state index >= 15 is 0 Å². The number of hydrogen-bond donors (Lipinski definition) is 2. The predicted octanol–water partition coefficient (Wildman–Crippen LogP) is 2.31. The molecular weight excluding hydrogens is 308 g/mol. The molecular formula is C18H32N2O4. The smallest absolute Gasteiger partial charge is 0.328 e. The third kappa shape index (κ3) is 8.89. The molecule has 0 aromatic heterocycles. The van der Waals surface area contributed by atoms with Gasteiger partial charge in [-0.25, -0.2) is 4.79 Å². The van der Waals surface area contributed by atoms with Gasteiger partial charge in [-0.05, 0) is 31.6 Å². The average molecular weight is 340 g/mol. The van der Waals surface area contributed by atoms with Gasteiger partial charge in [0.15, 0.2) is 0 Å². The first-order valence-electron chi connectivity index (χ1n) is 9.23. The maximum absolute atomic E-state index is 12.1. The summed E-state index contributed by atoms with van der Waals surface area (Å²) in [6, 6.07) is -0.587. The van der Waals surface area contributed by atoms with E-state index < -0.39 is 6.04 Å². The first kappa shape index (κ1) is 20.5. The van der Waals surface area contributed by atoms with Gasteiger partial charge in [0.2, 0.25) is 11.8 Å². The van der Waals surface area contributed by atoms with Crippen LogP contribution in [-0.4, -0.2) is 37.0 Å². The van der Waals surface area contributed by atoms with Crippen LogP contribution in [0.5, 0.6) is 0 Å². The minimum atomic E-state index is -0.587. The van der Waals surface area contributed by atoms with Gasteiger partial charge < -0.3 is 15.4 Å². The Morgan fingerprint density at radius 2 is 1.50 bits per heavy atom. The van der Waals surface area contributed by atoms with Gasteiger partial charge >= 0.3 is 5.97 Å². The van der Waals surface area contributed by atoms with Crippen molar-refractivity contribution in [2.75, 3.05) is 13.2 Å². The van der Waals surface area contributed by atoms with Crippen LogP contribution in [0.4, 0.5) is 0 Å². The van der Waals surface area contributed by atoms with Crippen LogP contribution in [0.25, 0.3) is 0 Å². The summed E-state index contributed by atoms with van der Waals surface area (Å²) in [4.78, 5) is 35.8. The highest BCUT2D eigenvalue weighted by Gasteiger charge is 2.25. The molecule has 1 heterocycles. The molecule has 0 aromatic carbocycles. The zero-order chi connectivity index (χ0) is 17.8. The molecule has 1 aliphatic rings. The number of cyclic esters (lactones) is 1. The third-order valence-electron chi connectivity index (χ3n) is 4.18. The number of ether oxygens (including phenoxy) is 1. The minimum Gasteiger partial charge on any atom is -0.464 e. The van der Waals surface area contributed by atoms with E-state index in [1.807, 2.05) is 13.8 Å². The summed E-state index contributed by atoms with van der Waals surface area (Å²) in [6.45, 7) is 4.72. The summed E-state index contributed by atoms with van der Waals surface area (Å²) in [6.07, 6.45) is 7.16. The van der Waals surface area contributed by atoms with E-state index in [9.17, 15) is 14.4 Å². The van der Waals surface area contributed by atoms with Gasteiger partial charge in [-0.1, -0.05) is 33.1 Å². The molecule has 138 valence electrons. The number of carbonyl (C=O) groups is 3. The molecule has 1 saturated heterocycles. The van der Waals surface area contributed by atoms with Crippen LogP contribution in [-0.2, 0) is 19.1 Å². The number of amides is 2. The van der Waals surface area contributed by atoms with E-state index in [0.717, 1.165) is 38.5 Å². The molecule has 24 heavy (non-hydrogen) atoms. The Balaban J connectivity index is 2.51. The van der Waals surface area contributed by atoms with Crippen molar-refractivity contribution in [1.29, 1.82) is 0 Å². The second kappa shape index (κ2) is 11.9. The Labute approximate surface area is 145 Å². The normalized spacial score (nSPS) is 23.6. The van der Waals surface area contributed by atoms with Gasteiger partial charge in [0.25, 0.3) is 0 Å². The van der Waals surface area contributed by atoms with Crippen molar-refractivity contribution in [3.63, 3.8) is 0 Å². The van der Waals surface area contributed by atoms with Crippen LogP contribution in [0, 0.1) is 5.92 Å². The lowest BCUT2D eigenvalue weighted by Crippen LogP contribution is -2.45. The molecule has 1 aliphatic heterocycles. The fourth-order valence-electron chi connectivity index (χ4n) is 2.65. The van der Waals surface area contributed by atoms with E-state index in [4.69, 9.17) is 4.74 Å². The molecule has 6 nitrogen and oxygen atoms in total. The van der Waals surface area contributed by atoms with Crippen molar-refractivity contribution in [2.24, 2.45) is 5.92 Å². The van der Waals surface area contributed by atoms with Gasteiger partial charge in [0, 0.05) is 19.4 Å². The predicted molar refractivity (Wildman–Crippen MR) is 92.3 cm³/mol. The first-order valence-corrected chi connectivity index (χ1v) is 9.23. The van der Waals surface area contributed by atoms with E-state index in [1.54, 1.807) is 0 Å². The van der Waals surface area contributed by atoms with Gasteiger partial charge in [0.1, 0.15) is 6.04 Å². The van der Waals surface area contributed by atoms with Crippen molar-refractivity contribution in [1.82, 2.24) is 10.6 Å². The van der Waals surface area contributed by atoms with E-state index in [1.165, 1.54) is 0 Å². The fourth-order valence-corrected chi connectivity index (χ4v) is 2.65. The summed E-state index contributed by atoms with van der Waals surface area (Å²) >= 11 is 0. The van der Waals surface area contributed by atoms with E-state index in [-0.39, 0.29) is 23.7 Å². The van der Waals surface area contributed by atoms with Gasteiger partial charge in [-0.15, -0.1) is 0 Å². The third-order valence-corrected chi connectivity index (χ3v) is 4.18. The Bertz CT molecular complexity index is 410. The van der Waals surface area contributed by atoms with Crippen molar-refractivity contribution in [3.05, 3.63) is 0 Å². The molecule has 2 amide bonds. The molecule has 2 N–H and O–H groups in total. The standard InChI is InChI=1S/C18H32N2O4/c1-14(2)17-18(23)24-13-9-8-12-19-15(21)10-6-4-3-5-7-11-16(22)20-17/h14,17H,3-13H2,1-2H3,(H,19,21)(H,20,22)/t17-/m0/s1. The lowest BCUT2D eigenvalue weighted by Gasteiger charge is -2.21. The molecule has 0 aliphatic carbocycles. The van der Waals surface area contributed by atoms with Crippen molar-refractivity contribution in [2.45, 2.75) is 77.7 Å². The summed E-state index contributed by atoms with van der Waals surface area (Å²) in [5.74, 6) is -0.381. The zero-order valence-corrected chi connectivity index (χ0v) is 15.1. The maximum atomic E-state index is 12.1. The molecule has 1 atom stereocenters. The molecule has 6 heteroatoms. The molecule has 0 spiro atoms. The summed E-state index contributed by atoms with van der Waals surface area (Å²) in [7, 11) is 0.